The Labute approximate surface area is 166 Å². The van der Waals surface area contributed by atoms with Gasteiger partial charge in [-0.05, 0) is 65.3 Å². The first-order valence-corrected chi connectivity index (χ1v) is 9.72. The first-order chi connectivity index (χ1) is 13.4. The van der Waals surface area contributed by atoms with Crippen molar-refractivity contribution in [2.24, 2.45) is 0 Å². The Bertz CT molecular complexity index is 1040. The number of rotatable bonds is 3. The smallest absolute Gasteiger partial charge is 0.255 e. The van der Waals surface area contributed by atoms with Gasteiger partial charge in [0.25, 0.3) is 5.91 Å². The van der Waals surface area contributed by atoms with Crippen LogP contribution in [-0.2, 0) is 5.41 Å². The molecule has 0 saturated carbocycles. The van der Waals surface area contributed by atoms with Crippen molar-refractivity contribution < 1.29 is 4.79 Å². The van der Waals surface area contributed by atoms with Gasteiger partial charge < -0.3 is 5.32 Å². The molecule has 3 aromatic rings. The third kappa shape index (κ3) is 3.50. The lowest BCUT2D eigenvalue weighted by Gasteiger charge is -2.32. The van der Waals surface area contributed by atoms with Crippen LogP contribution in [-0.4, -0.2) is 5.91 Å². The van der Waals surface area contributed by atoms with Crippen molar-refractivity contribution in [1.82, 2.24) is 0 Å². The SMILES string of the molecule is Cc1ccc(C2=CCC(C)(C)c3ccc(C(=O)Nc4ccccc4)cc32)cc1. The summed E-state index contributed by atoms with van der Waals surface area (Å²) in [6.45, 7) is 6.62. The molecule has 4 rings (SSSR count). The average molecular weight is 367 g/mol. The number of carbonyl (C=O) groups excluding carboxylic acids is 1. The number of hydrogen-bond acceptors (Lipinski definition) is 1. The molecule has 0 atom stereocenters. The van der Waals surface area contributed by atoms with Crippen LogP contribution in [0.3, 0.4) is 0 Å². The van der Waals surface area contributed by atoms with E-state index in [-0.39, 0.29) is 11.3 Å². The van der Waals surface area contributed by atoms with Crippen LogP contribution in [0.1, 0.15) is 52.9 Å². The Morgan fingerprint density at radius 3 is 2.36 bits per heavy atom. The number of para-hydroxylation sites is 1. The fraction of sp³-hybridized carbons (Fsp3) is 0.192. The van der Waals surface area contributed by atoms with Crippen molar-refractivity contribution in [1.29, 1.82) is 0 Å². The molecular weight excluding hydrogens is 342 g/mol. The number of fused-ring (bicyclic) bond motifs is 1. The number of amides is 1. The summed E-state index contributed by atoms with van der Waals surface area (Å²) in [5.41, 5.74) is 7.64. The predicted octanol–water partition coefficient (Wildman–Crippen LogP) is 6.36. The van der Waals surface area contributed by atoms with Crippen LogP contribution in [0.25, 0.3) is 5.57 Å². The van der Waals surface area contributed by atoms with Gasteiger partial charge in [0.1, 0.15) is 0 Å². The van der Waals surface area contributed by atoms with Crippen molar-refractivity contribution in [3.8, 4) is 0 Å². The molecule has 0 unspecified atom stereocenters. The highest BCUT2D eigenvalue weighted by Gasteiger charge is 2.29. The predicted molar refractivity (Wildman–Crippen MR) is 117 cm³/mol. The molecule has 28 heavy (non-hydrogen) atoms. The zero-order valence-corrected chi connectivity index (χ0v) is 16.6. The van der Waals surface area contributed by atoms with Gasteiger partial charge in [0, 0.05) is 11.3 Å². The molecule has 0 saturated heterocycles. The van der Waals surface area contributed by atoms with Gasteiger partial charge in [-0.25, -0.2) is 0 Å². The second kappa shape index (κ2) is 7.12. The van der Waals surface area contributed by atoms with Gasteiger partial charge in [0.05, 0.1) is 0 Å². The molecule has 2 nitrogen and oxygen atoms in total. The zero-order valence-electron chi connectivity index (χ0n) is 16.6. The Hall–Kier alpha value is -3.13. The maximum atomic E-state index is 12.8. The fourth-order valence-electron chi connectivity index (χ4n) is 3.81. The monoisotopic (exact) mass is 367 g/mol. The third-order valence-corrected chi connectivity index (χ3v) is 5.51. The van der Waals surface area contributed by atoms with Crippen LogP contribution in [0, 0.1) is 6.92 Å². The van der Waals surface area contributed by atoms with Crippen molar-refractivity contribution in [3.05, 3.63) is 107 Å². The van der Waals surface area contributed by atoms with Gasteiger partial charge in [-0.2, -0.15) is 0 Å². The summed E-state index contributed by atoms with van der Waals surface area (Å²) in [7, 11) is 0. The van der Waals surface area contributed by atoms with E-state index in [1.165, 1.54) is 22.3 Å². The minimum atomic E-state index is -0.0827. The number of allylic oxidation sites excluding steroid dienone is 1. The largest absolute Gasteiger partial charge is 0.322 e. The van der Waals surface area contributed by atoms with Crippen molar-refractivity contribution in [2.45, 2.75) is 32.6 Å². The highest BCUT2D eigenvalue weighted by Crippen LogP contribution is 2.41. The fourth-order valence-corrected chi connectivity index (χ4v) is 3.81. The Kier molecular flexibility index (Phi) is 4.64. The van der Waals surface area contributed by atoms with E-state index in [9.17, 15) is 4.79 Å². The maximum absolute atomic E-state index is 12.8. The van der Waals surface area contributed by atoms with Gasteiger partial charge in [-0.1, -0.05) is 74.0 Å². The first kappa shape index (κ1) is 18.2. The molecule has 1 N–H and O–H groups in total. The molecule has 0 bridgehead atoms. The Morgan fingerprint density at radius 2 is 1.64 bits per heavy atom. The minimum absolute atomic E-state index is 0.0535. The quantitative estimate of drug-likeness (QED) is 0.573. The van der Waals surface area contributed by atoms with Crippen molar-refractivity contribution in [3.63, 3.8) is 0 Å². The summed E-state index contributed by atoms with van der Waals surface area (Å²) in [4.78, 5) is 12.8. The number of carbonyl (C=O) groups is 1. The maximum Gasteiger partial charge on any atom is 0.255 e. The molecule has 3 aromatic carbocycles. The van der Waals surface area contributed by atoms with Gasteiger partial charge in [0.15, 0.2) is 0 Å². The number of nitrogens with one attached hydrogen (secondary N) is 1. The van der Waals surface area contributed by atoms with Crippen LogP contribution >= 0.6 is 0 Å². The number of anilines is 1. The molecule has 0 aromatic heterocycles. The summed E-state index contributed by atoms with van der Waals surface area (Å²) in [5, 5.41) is 2.99. The van der Waals surface area contributed by atoms with Gasteiger partial charge in [0.2, 0.25) is 0 Å². The van der Waals surface area contributed by atoms with E-state index >= 15 is 0 Å². The van der Waals surface area contributed by atoms with Crippen LogP contribution in [0.4, 0.5) is 5.69 Å². The molecule has 1 aliphatic carbocycles. The summed E-state index contributed by atoms with van der Waals surface area (Å²) in [6, 6.07) is 24.3. The number of hydrogen-bond donors (Lipinski definition) is 1. The normalized spacial score (nSPS) is 14.8. The average Bonchev–Trinajstić information content (AvgIpc) is 2.69. The molecule has 2 heteroatoms. The number of benzene rings is 3. The van der Waals surface area contributed by atoms with E-state index in [1.807, 2.05) is 42.5 Å². The summed E-state index contributed by atoms with van der Waals surface area (Å²) < 4.78 is 0. The van der Waals surface area contributed by atoms with Crippen LogP contribution < -0.4 is 5.32 Å². The van der Waals surface area contributed by atoms with E-state index in [4.69, 9.17) is 0 Å². The lowest BCUT2D eigenvalue weighted by atomic mass is 9.72. The molecule has 0 fully saturated rings. The molecule has 0 spiro atoms. The second-order valence-corrected chi connectivity index (χ2v) is 8.15. The third-order valence-electron chi connectivity index (χ3n) is 5.51. The molecule has 0 radical (unpaired) electrons. The van der Waals surface area contributed by atoms with E-state index in [2.05, 4.69) is 62.5 Å². The molecular formula is C26H25NO. The Balaban J connectivity index is 1.74. The van der Waals surface area contributed by atoms with Crippen molar-refractivity contribution >= 4 is 17.2 Å². The highest BCUT2D eigenvalue weighted by molar-refractivity contribution is 6.05. The van der Waals surface area contributed by atoms with Gasteiger partial charge >= 0.3 is 0 Å². The van der Waals surface area contributed by atoms with E-state index < -0.39 is 0 Å². The minimum Gasteiger partial charge on any atom is -0.322 e. The topological polar surface area (TPSA) is 29.1 Å². The lowest BCUT2D eigenvalue weighted by Crippen LogP contribution is -2.23. The van der Waals surface area contributed by atoms with E-state index in [0.29, 0.717) is 5.56 Å². The summed E-state index contributed by atoms with van der Waals surface area (Å²) in [6.07, 6.45) is 3.30. The van der Waals surface area contributed by atoms with Crippen LogP contribution in [0.15, 0.2) is 78.9 Å². The molecule has 140 valence electrons. The summed E-state index contributed by atoms with van der Waals surface area (Å²) in [5.74, 6) is -0.0827. The second-order valence-electron chi connectivity index (χ2n) is 8.15. The van der Waals surface area contributed by atoms with Crippen LogP contribution in [0.2, 0.25) is 0 Å². The van der Waals surface area contributed by atoms with E-state index in [0.717, 1.165) is 17.7 Å². The molecule has 1 aliphatic rings. The van der Waals surface area contributed by atoms with E-state index in [1.54, 1.807) is 0 Å². The standard InChI is InChI=1S/C26H25NO/c1-18-9-11-19(12-10-18)22-15-16-26(2,3)24-14-13-20(17-23(22)24)25(28)27-21-7-5-4-6-8-21/h4-15,17H,16H2,1-3H3,(H,27,28). The first-order valence-electron chi connectivity index (χ1n) is 9.72. The molecule has 1 amide bonds. The molecule has 0 heterocycles. The Morgan fingerprint density at radius 1 is 0.929 bits per heavy atom. The van der Waals surface area contributed by atoms with Gasteiger partial charge in [-0.15, -0.1) is 0 Å². The molecule has 0 aliphatic heterocycles. The summed E-state index contributed by atoms with van der Waals surface area (Å²) >= 11 is 0. The highest BCUT2D eigenvalue weighted by atomic mass is 16.1. The van der Waals surface area contributed by atoms with Gasteiger partial charge in [-0.3, -0.25) is 4.79 Å². The number of aryl methyl sites for hydroxylation is 1. The lowest BCUT2D eigenvalue weighted by molar-refractivity contribution is 0.102. The van der Waals surface area contributed by atoms with Crippen molar-refractivity contribution in [2.75, 3.05) is 5.32 Å². The van der Waals surface area contributed by atoms with Crippen LogP contribution in [0.5, 0.6) is 0 Å². The zero-order chi connectivity index (χ0) is 19.7.